The summed E-state index contributed by atoms with van der Waals surface area (Å²) in [6.07, 6.45) is 0.352. The minimum atomic E-state index is -1.14. The van der Waals surface area contributed by atoms with Gasteiger partial charge in [0, 0.05) is 38.8 Å². The van der Waals surface area contributed by atoms with Gasteiger partial charge in [-0.1, -0.05) is 6.07 Å². The molecule has 0 unspecified atom stereocenters. The highest BCUT2D eigenvalue weighted by molar-refractivity contribution is 5.94. The lowest BCUT2D eigenvalue weighted by Crippen LogP contribution is -2.37. The summed E-state index contributed by atoms with van der Waals surface area (Å²) in [5.41, 5.74) is -0.0246. The molecule has 0 radical (unpaired) electrons. The molecule has 3 aromatic rings. The normalized spacial score (nSPS) is 13.3. The van der Waals surface area contributed by atoms with E-state index in [1.54, 1.807) is 26.2 Å². The van der Waals surface area contributed by atoms with Crippen molar-refractivity contribution in [2.24, 2.45) is 5.92 Å². The van der Waals surface area contributed by atoms with Gasteiger partial charge in [-0.25, -0.2) is 0 Å². The molecule has 1 N–H and O–H groups in total. The molecular weight excluding hydrogens is 526 g/mol. The first-order valence-corrected chi connectivity index (χ1v) is 12.2. The highest BCUT2D eigenvalue weighted by atomic mass is 19.1. The van der Waals surface area contributed by atoms with Crippen LogP contribution in [-0.2, 0) is 4.79 Å². The molecule has 40 heavy (non-hydrogen) atoms. The molecule has 1 fully saturated rings. The molecule has 0 atom stereocenters. The maximum absolute atomic E-state index is 15.9. The minimum Gasteiger partial charge on any atom is -0.493 e. The van der Waals surface area contributed by atoms with Crippen molar-refractivity contribution in [2.45, 2.75) is 12.8 Å². The fourth-order valence-electron chi connectivity index (χ4n) is 4.24. The molecule has 0 bridgehead atoms. The van der Waals surface area contributed by atoms with E-state index in [9.17, 15) is 20.0 Å². The standard InChI is InChI=1S/C28H26F2N4O6/c1-33(2)27(35)18-5-4-6-19(14-18)39-25-22(29)24(34-11-9-17(10-12-34)28(36)37)23(30)26(32-25)40-21-13-16(15-31)7-8-20(21)38-3/h4-8,13-14,17H,9-12H2,1-3H3,(H,36,37). The van der Waals surface area contributed by atoms with E-state index in [0.29, 0.717) is 0 Å². The maximum Gasteiger partial charge on any atom is 0.306 e. The molecule has 2 heterocycles. The van der Waals surface area contributed by atoms with Crippen LogP contribution < -0.4 is 19.1 Å². The summed E-state index contributed by atoms with van der Waals surface area (Å²) in [4.78, 5) is 30.5. The van der Waals surface area contributed by atoms with Gasteiger partial charge in [-0.2, -0.15) is 19.0 Å². The van der Waals surface area contributed by atoms with Crippen LogP contribution in [0.15, 0.2) is 42.5 Å². The molecule has 2 aromatic carbocycles. The summed E-state index contributed by atoms with van der Waals surface area (Å²) >= 11 is 0. The van der Waals surface area contributed by atoms with Crippen LogP contribution in [0.1, 0.15) is 28.8 Å². The third kappa shape index (κ3) is 5.88. The summed E-state index contributed by atoms with van der Waals surface area (Å²) < 4.78 is 48.4. The molecule has 0 aliphatic carbocycles. The Bertz CT molecular complexity index is 1480. The van der Waals surface area contributed by atoms with Crippen LogP contribution in [0.2, 0.25) is 0 Å². The van der Waals surface area contributed by atoms with Gasteiger partial charge in [0.2, 0.25) is 11.6 Å². The third-order valence-electron chi connectivity index (χ3n) is 6.36. The number of carboxylic acid groups (broad SMARTS) is 1. The number of hydrogen-bond acceptors (Lipinski definition) is 8. The van der Waals surface area contributed by atoms with Crippen molar-refractivity contribution < 1.29 is 37.7 Å². The number of piperidine rings is 1. The highest BCUT2D eigenvalue weighted by Crippen LogP contribution is 2.41. The molecule has 1 aliphatic rings. The Labute approximate surface area is 228 Å². The first kappa shape index (κ1) is 28.1. The summed E-state index contributed by atoms with van der Waals surface area (Å²) in [6.45, 7) is 0.127. The Balaban J connectivity index is 1.79. The van der Waals surface area contributed by atoms with Crippen molar-refractivity contribution in [2.75, 3.05) is 39.2 Å². The first-order valence-electron chi connectivity index (χ1n) is 12.2. The van der Waals surface area contributed by atoms with Crippen molar-refractivity contribution in [3.05, 3.63) is 65.2 Å². The molecular formula is C28H26F2N4O6. The lowest BCUT2D eigenvalue weighted by molar-refractivity contribution is -0.142. The number of rotatable bonds is 8. The number of ether oxygens (including phenoxy) is 3. The van der Waals surface area contributed by atoms with Gasteiger partial charge in [-0.15, -0.1) is 0 Å². The molecule has 4 rings (SSSR count). The van der Waals surface area contributed by atoms with E-state index >= 15 is 8.78 Å². The van der Waals surface area contributed by atoms with Gasteiger partial charge in [0.25, 0.3) is 17.7 Å². The van der Waals surface area contributed by atoms with E-state index < -0.39 is 41.0 Å². The van der Waals surface area contributed by atoms with Crippen molar-refractivity contribution >= 4 is 17.6 Å². The number of aromatic nitrogens is 1. The lowest BCUT2D eigenvalue weighted by atomic mass is 9.97. The number of hydrogen-bond donors (Lipinski definition) is 1. The number of nitriles is 1. The Kier molecular flexibility index (Phi) is 8.33. The molecule has 1 aromatic heterocycles. The van der Waals surface area contributed by atoms with E-state index in [4.69, 9.17) is 14.2 Å². The number of carbonyl (C=O) groups excluding carboxylic acids is 1. The van der Waals surface area contributed by atoms with E-state index in [-0.39, 0.29) is 60.2 Å². The SMILES string of the molecule is COc1ccc(C#N)cc1Oc1nc(Oc2cccc(C(=O)N(C)C)c2)c(F)c(N2CCC(C(=O)O)CC2)c1F. The quantitative estimate of drug-likeness (QED) is 0.418. The number of halogens is 2. The number of pyridine rings is 1. The topological polar surface area (TPSA) is 125 Å². The monoisotopic (exact) mass is 552 g/mol. The second-order valence-corrected chi connectivity index (χ2v) is 9.21. The zero-order valence-corrected chi connectivity index (χ0v) is 22.0. The van der Waals surface area contributed by atoms with Crippen LogP contribution in [0.4, 0.5) is 14.5 Å². The minimum absolute atomic E-state index is 0.0420. The summed E-state index contributed by atoms with van der Waals surface area (Å²) in [5.74, 6) is -5.27. The van der Waals surface area contributed by atoms with Gasteiger partial charge < -0.3 is 29.1 Å². The van der Waals surface area contributed by atoms with Crippen LogP contribution >= 0.6 is 0 Å². The number of carbonyl (C=O) groups is 2. The molecule has 12 heteroatoms. The Morgan fingerprint density at radius 1 is 1.05 bits per heavy atom. The predicted molar refractivity (Wildman–Crippen MR) is 139 cm³/mol. The van der Waals surface area contributed by atoms with Gasteiger partial charge in [-0.05, 0) is 43.2 Å². The number of methoxy groups -OCH3 is 1. The molecule has 1 amide bonds. The smallest absolute Gasteiger partial charge is 0.306 e. The van der Waals surface area contributed by atoms with E-state index in [1.165, 1.54) is 47.2 Å². The number of amides is 1. The highest BCUT2D eigenvalue weighted by Gasteiger charge is 2.32. The second kappa shape index (κ2) is 11.9. The molecule has 0 spiro atoms. The molecule has 0 saturated carbocycles. The van der Waals surface area contributed by atoms with Crippen molar-refractivity contribution in [3.63, 3.8) is 0 Å². The van der Waals surface area contributed by atoms with Crippen LogP contribution in [0.25, 0.3) is 0 Å². The van der Waals surface area contributed by atoms with Crippen LogP contribution in [0.5, 0.6) is 29.0 Å². The van der Waals surface area contributed by atoms with Crippen molar-refractivity contribution in [1.29, 1.82) is 5.26 Å². The van der Waals surface area contributed by atoms with Crippen LogP contribution in [-0.4, -0.2) is 61.2 Å². The number of carboxylic acids is 1. The predicted octanol–water partition coefficient (Wildman–Crippen LogP) is 4.83. The van der Waals surface area contributed by atoms with Gasteiger partial charge in [0.15, 0.2) is 11.5 Å². The summed E-state index contributed by atoms with van der Waals surface area (Å²) in [6, 6.07) is 12.2. The zero-order valence-electron chi connectivity index (χ0n) is 22.0. The average Bonchev–Trinajstić information content (AvgIpc) is 2.95. The largest absolute Gasteiger partial charge is 0.493 e. The molecule has 10 nitrogen and oxygen atoms in total. The van der Waals surface area contributed by atoms with Crippen molar-refractivity contribution in [3.8, 4) is 35.1 Å². The van der Waals surface area contributed by atoms with Gasteiger partial charge in [-0.3, -0.25) is 9.59 Å². The van der Waals surface area contributed by atoms with Gasteiger partial charge in [0.1, 0.15) is 11.4 Å². The van der Waals surface area contributed by atoms with Gasteiger partial charge >= 0.3 is 5.97 Å². The lowest BCUT2D eigenvalue weighted by Gasteiger charge is -2.32. The number of nitrogens with zero attached hydrogens (tertiary/aromatic N) is 4. The van der Waals surface area contributed by atoms with E-state index in [1.807, 2.05) is 6.07 Å². The van der Waals surface area contributed by atoms with Crippen LogP contribution in [0, 0.1) is 28.9 Å². The second-order valence-electron chi connectivity index (χ2n) is 9.21. The van der Waals surface area contributed by atoms with Crippen LogP contribution in [0.3, 0.4) is 0 Å². The third-order valence-corrected chi connectivity index (χ3v) is 6.36. The van der Waals surface area contributed by atoms with E-state index in [2.05, 4.69) is 4.98 Å². The summed E-state index contributed by atoms with van der Waals surface area (Å²) in [7, 11) is 4.52. The molecule has 208 valence electrons. The molecule has 1 aliphatic heterocycles. The number of aliphatic carboxylic acids is 1. The van der Waals surface area contributed by atoms with Gasteiger partial charge in [0.05, 0.1) is 24.7 Å². The van der Waals surface area contributed by atoms with E-state index in [0.717, 1.165) is 0 Å². The summed E-state index contributed by atoms with van der Waals surface area (Å²) in [5, 5.41) is 18.6. The Morgan fingerprint density at radius 2 is 1.73 bits per heavy atom. The van der Waals surface area contributed by atoms with Crippen molar-refractivity contribution in [1.82, 2.24) is 9.88 Å². The number of benzene rings is 2. The Hall–Kier alpha value is -4.92. The first-order chi connectivity index (χ1) is 19.1. The Morgan fingerprint density at radius 3 is 2.33 bits per heavy atom. The molecule has 1 saturated heterocycles. The zero-order chi connectivity index (χ0) is 29.0. The number of anilines is 1. The maximum atomic E-state index is 15.9. The fourth-order valence-corrected chi connectivity index (χ4v) is 4.24. The fraction of sp³-hybridized carbons (Fsp3) is 0.286. The average molecular weight is 553 g/mol.